The van der Waals surface area contributed by atoms with Crippen LogP contribution in [0.5, 0.6) is 5.75 Å². The van der Waals surface area contributed by atoms with E-state index in [2.05, 4.69) is 38.2 Å². The van der Waals surface area contributed by atoms with E-state index in [1.165, 1.54) is 5.56 Å². The SMILES string of the molecule is CC(Oc1ccc(C(C)(C)C)cc1)C(=O)N1CCCC(N2CCNCC2=O)C1.Cl. The fourth-order valence-corrected chi connectivity index (χ4v) is 3.96. The predicted molar refractivity (Wildman–Crippen MR) is 117 cm³/mol. The fourth-order valence-electron chi connectivity index (χ4n) is 3.96. The number of ether oxygens (including phenoxy) is 1. The van der Waals surface area contributed by atoms with Crippen molar-refractivity contribution in [2.24, 2.45) is 0 Å². The quantitative estimate of drug-likeness (QED) is 0.808. The minimum atomic E-state index is -0.544. The Kier molecular flexibility index (Phi) is 7.94. The van der Waals surface area contributed by atoms with Crippen LogP contribution in [-0.2, 0) is 15.0 Å². The van der Waals surface area contributed by atoms with Crippen molar-refractivity contribution >= 4 is 24.2 Å². The third-order valence-corrected chi connectivity index (χ3v) is 5.66. The van der Waals surface area contributed by atoms with Crippen LogP contribution in [-0.4, -0.2) is 66.5 Å². The molecule has 0 spiro atoms. The van der Waals surface area contributed by atoms with E-state index in [0.29, 0.717) is 18.8 Å². The highest BCUT2D eigenvalue weighted by Gasteiger charge is 2.33. The van der Waals surface area contributed by atoms with Crippen LogP contribution < -0.4 is 10.1 Å². The van der Waals surface area contributed by atoms with Crippen molar-refractivity contribution in [3.05, 3.63) is 29.8 Å². The number of hydrogen-bond donors (Lipinski definition) is 1. The maximum atomic E-state index is 12.9. The molecular weight excluding hydrogens is 390 g/mol. The first kappa shape index (κ1) is 23.5. The van der Waals surface area contributed by atoms with Gasteiger partial charge < -0.3 is 19.9 Å². The maximum Gasteiger partial charge on any atom is 0.263 e. The summed E-state index contributed by atoms with van der Waals surface area (Å²) in [5.74, 6) is 0.834. The Morgan fingerprint density at radius 1 is 1.21 bits per heavy atom. The molecule has 2 fully saturated rings. The van der Waals surface area contributed by atoms with E-state index in [4.69, 9.17) is 4.74 Å². The molecule has 1 N–H and O–H groups in total. The van der Waals surface area contributed by atoms with Gasteiger partial charge in [0.15, 0.2) is 6.10 Å². The van der Waals surface area contributed by atoms with Crippen LogP contribution in [0, 0.1) is 0 Å². The van der Waals surface area contributed by atoms with Gasteiger partial charge >= 0.3 is 0 Å². The number of nitrogens with zero attached hydrogens (tertiary/aromatic N) is 2. The molecule has 3 rings (SSSR count). The summed E-state index contributed by atoms with van der Waals surface area (Å²) in [6, 6.07) is 8.09. The van der Waals surface area contributed by atoms with Crippen LogP contribution in [0.25, 0.3) is 0 Å². The molecule has 2 heterocycles. The number of rotatable bonds is 4. The first-order chi connectivity index (χ1) is 13.3. The summed E-state index contributed by atoms with van der Waals surface area (Å²) in [4.78, 5) is 28.9. The lowest BCUT2D eigenvalue weighted by Gasteiger charge is -2.41. The minimum Gasteiger partial charge on any atom is -0.481 e. The molecule has 2 aliphatic heterocycles. The van der Waals surface area contributed by atoms with Gasteiger partial charge in [-0.3, -0.25) is 9.59 Å². The van der Waals surface area contributed by atoms with E-state index in [0.717, 1.165) is 32.5 Å². The highest BCUT2D eigenvalue weighted by molar-refractivity contribution is 5.85. The molecule has 2 aliphatic rings. The molecule has 0 aromatic heterocycles. The van der Waals surface area contributed by atoms with E-state index >= 15 is 0 Å². The molecule has 7 heteroatoms. The summed E-state index contributed by atoms with van der Waals surface area (Å²) in [5, 5.41) is 3.10. The van der Waals surface area contributed by atoms with Crippen LogP contribution in [0.2, 0.25) is 0 Å². The van der Waals surface area contributed by atoms with Crippen molar-refractivity contribution in [1.29, 1.82) is 0 Å². The van der Waals surface area contributed by atoms with Crippen molar-refractivity contribution in [1.82, 2.24) is 15.1 Å². The smallest absolute Gasteiger partial charge is 0.263 e. The average molecular weight is 424 g/mol. The Hall–Kier alpha value is -1.79. The highest BCUT2D eigenvalue weighted by atomic mass is 35.5. The molecular formula is C22H34ClN3O3. The van der Waals surface area contributed by atoms with Crippen LogP contribution >= 0.6 is 12.4 Å². The van der Waals surface area contributed by atoms with E-state index in [1.807, 2.05) is 21.9 Å². The Morgan fingerprint density at radius 3 is 2.52 bits per heavy atom. The van der Waals surface area contributed by atoms with Crippen LogP contribution in [0.15, 0.2) is 24.3 Å². The van der Waals surface area contributed by atoms with Crippen LogP contribution in [0.4, 0.5) is 0 Å². The molecule has 2 atom stereocenters. The summed E-state index contributed by atoms with van der Waals surface area (Å²) >= 11 is 0. The second-order valence-corrected chi connectivity index (χ2v) is 8.88. The molecule has 0 aliphatic carbocycles. The number of piperidine rings is 1. The topological polar surface area (TPSA) is 61.9 Å². The second kappa shape index (κ2) is 9.81. The molecule has 2 saturated heterocycles. The van der Waals surface area contributed by atoms with E-state index in [9.17, 15) is 9.59 Å². The van der Waals surface area contributed by atoms with Crippen LogP contribution in [0.1, 0.15) is 46.1 Å². The molecule has 1 aromatic rings. The molecule has 0 bridgehead atoms. The number of carbonyl (C=O) groups excluding carboxylic acids is 2. The van der Waals surface area contributed by atoms with Gasteiger partial charge in [-0.05, 0) is 42.9 Å². The molecule has 2 amide bonds. The normalized spacial score (nSPS) is 21.4. The Morgan fingerprint density at radius 2 is 1.90 bits per heavy atom. The number of halogens is 1. The van der Waals surface area contributed by atoms with E-state index < -0.39 is 6.10 Å². The zero-order valence-electron chi connectivity index (χ0n) is 17.9. The van der Waals surface area contributed by atoms with Gasteiger partial charge in [0.05, 0.1) is 6.54 Å². The average Bonchev–Trinajstić information content (AvgIpc) is 2.67. The van der Waals surface area contributed by atoms with Gasteiger partial charge in [-0.1, -0.05) is 32.9 Å². The Bertz CT molecular complexity index is 702. The zero-order chi connectivity index (χ0) is 20.3. The van der Waals surface area contributed by atoms with Gasteiger partial charge in [-0.15, -0.1) is 12.4 Å². The van der Waals surface area contributed by atoms with Gasteiger partial charge in [0.1, 0.15) is 5.75 Å². The summed E-state index contributed by atoms with van der Waals surface area (Å²) in [6.07, 6.45) is 1.33. The number of nitrogens with one attached hydrogen (secondary N) is 1. The lowest BCUT2D eigenvalue weighted by atomic mass is 9.87. The lowest BCUT2D eigenvalue weighted by molar-refractivity contribution is -0.144. The van der Waals surface area contributed by atoms with Crippen molar-refractivity contribution < 1.29 is 14.3 Å². The monoisotopic (exact) mass is 423 g/mol. The Balaban J connectivity index is 0.00000300. The number of benzene rings is 1. The molecule has 0 saturated carbocycles. The zero-order valence-corrected chi connectivity index (χ0v) is 18.8. The largest absolute Gasteiger partial charge is 0.481 e. The van der Waals surface area contributed by atoms with Crippen molar-refractivity contribution in [3.8, 4) is 5.75 Å². The van der Waals surface area contributed by atoms with Crippen molar-refractivity contribution in [2.75, 3.05) is 32.7 Å². The van der Waals surface area contributed by atoms with Gasteiger partial charge in [0.2, 0.25) is 5.91 Å². The second-order valence-electron chi connectivity index (χ2n) is 8.88. The standard InChI is InChI=1S/C22H33N3O3.ClH/c1-16(28-19-9-7-17(8-10-19)22(2,3)4)21(27)24-12-5-6-18(15-24)25-13-11-23-14-20(25)26;/h7-10,16,18,23H,5-6,11-15H2,1-4H3;1H. The van der Waals surface area contributed by atoms with Gasteiger partial charge in [0.25, 0.3) is 5.91 Å². The summed E-state index contributed by atoms with van der Waals surface area (Å²) in [6.45, 7) is 11.6. The molecule has 29 heavy (non-hydrogen) atoms. The molecule has 0 radical (unpaired) electrons. The molecule has 162 valence electrons. The summed E-state index contributed by atoms with van der Waals surface area (Å²) in [5.41, 5.74) is 1.32. The number of likely N-dealkylation sites (tertiary alicyclic amines) is 1. The number of hydrogen-bond acceptors (Lipinski definition) is 4. The highest BCUT2D eigenvalue weighted by Crippen LogP contribution is 2.25. The third kappa shape index (κ3) is 5.86. The molecule has 1 aromatic carbocycles. The maximum absolute atomic E-state index is 12.9. The minimum absolute atomic E-state index is 0. The molecule has 6 nitrogen and oxygen atoms in total. The van der Waals surface area contributed by atoms with Crippen LogP contribution in [0.3, 0.4) is 0 Å². The van der Waals surface area contributed by atoms with Gasteiger partial charge in [-0.25, -0.2) is 0 Å². The first-order valence-electron chi connectivity index (χ1n) is 10.3. The van der Waals surface area contributed by atoms with E-state index in [1.54, 1.807) is 6.92 Å². The predicted octanol–water partition coefficient (Wildman–Crippen LogP) is 2.60. The Labute approximate surface area is 180 Å². The van der Waals surface area contributed by atoms with Crippen molar-refractivity contribution in [3.63, 3.8) is 0 Å². The number of carbonyl (C=O) groups is 2. The molecule has 2 unspecified atom stereocenters. The first-order valence-corrected chi connectivity index (χ1v) is 10.3. The van der Waals surface area contributed by atoms with Gasteiger partial charge in [0, 0.05) is 32.2 Å². The number of amides is 2. The van der Waals surface area contributed by atoms with Crippen molar-refractivity contribution in [2.45, 2.75) is 58.1 Å². The summed E-state index contributed by atoms with van der Waals surface area (Å²) < 4.78 is 5.92. The lowest BCUT2D eigenvalue weighted by Crippen LogP contribution is -2.58. The van der Waals surface area contributed by atoms with E-state index in [-0.39, 0.29) is 35.7 Å². The third-order valence-electron chi connectivity index (χ3n) is 5.66. The fraction of sp³-hybridized carbons (Fsp3) is 0.636. The number of piperazine rings is 1. The van der Waals surface area contributed by atoms with Gasteiger partial charge in [-0.2, -0.15) is 0 Å². The summed E-state index contributed by atoms with van der Waals surface area (Å²) in [7, 11) is 0.